The van der Waals surface area contributed by atoms with E-state index in [-0.39, 0.29) is 6.23 Å². The smallest absolute Gasteiger partial charge is 0.168 e. The Hall–Kier alpha value is -1.10. The van der Waals surface area contributed by atoms with Crippen molar-refractivity contribution < 1.29 is 9.47 Å². The molecule has 4 heteroatoms. The van der Waals surface area contributed by atoms with Gasteiger partial charge in [0.25, 0.3) is 0 Å². The van der Waals surface area contributed by atoms with Gasteiger partial charge >= 0.3 is 0 Å². The van der Waals surface area contributed by atoms with Gasteiger partial charge in [0.05, 0.1) is 19.3 Å². The largest absolute Gasteiger partial charge is 0.473 e. The standard InChI is InChI=1S/C19H30N2O2/c1-4-9-21(15(2)3)17-14-16-7-5-6-8-18(16)23-19(17)20-10-12-22-13-11-20/h5-8,15,17,19H,4,9-14H2,1-3H3/t17?,19-/m1/s1. The lowest BCUT2D eigenvalue weighted by Crippen LogP contribution is -2.61. The summed E-state index contributed by atoms with van der Waals surface area (Å²) in [6.45, 7) is 11.5. The van der Waals surface area contributed by atoms with Crippen LogP contribution < -0.4 is 4.74 Å². The summed E-state index contributed by atoms with van der Waals surface area (Å²) >= 11 is 0. The van der Waals surface area contributed by atoms with E-state index in [0.717, 1.165) is 45.0 Å². The highest BCUT2D eigenvalue weighted by atomic mass is 16.5. The molecule has 0 aromatic heterocycles. The molecule has 2 heterocycles. The van der Waals surface area contributed by atoms with E-state index < -0.39 is 0 Å². The van der Waals surface area contributed by atoms with E-state index in [1.54, 1.807) is 0 Å². The average Bonchev–Trinajstić information content (AvgIpc) is 2.59. The van der Waals surface area contributed by atoms with Gasteiger partial charge in [-0.1, -0.05) is 25.1 Å². The molecule has 0 spiro atoms. The van der Waals surface area contributed by atoms with Gasteiger partial charge in [0.2, 0.25) is 0 Å². The molecule has 1 fully saturated rings. The predicted molar refractivity (Wildman–Crippen MR) is 92.9 cm³/mol. The lowest BCUT2D eigenvalue weighted by atomic mass is 9.97. The molecule has 1 saturated heterocycles. The lowest BCUT2D eigenvalue weighted by Gasteiger charge is -2.47. The normalized spacial score (nSPS) is 25.4. The molecule has 1 aromatic carbocycles. The van der Waals surface area contributed by atoms with Crippen molar-refractivity contribution >= 4 is 0 Å². The van der Waals surface area contributed by atoms with Crippen LogP contribution in [0.2, 0.25) is 0 Å². The molecule has 1 aromatic rings. The second-order valence-corrected chi connectivity index (χ2v) is 6.87. The van der Waals surface area contributed by atoms with Crippen LogP contribution in [-0.2, 0) is 11.2 Å². The highest BCUT2D eigenvalue weighted by Gasteiger charge is 2.39. The lowest BCUT2D eigenvalue weighted by molar-refractivity contribution is -0.0959. The summed E-state index contributed by atoms with van der Waals surface area (Å²) in [6.07, 6.45) is 2.37. The van der Waals surface area contributed by atoms with Crippen LogP contribution >= 0.6 is 0 Å². The maximum absolute atomic E-state index is 6.49. The van der Waals surface area contributed by atoms with E-state index >= 15 is 0 Å². The molecule has 0 bridgehead atoms. The van der Waals surface area contributed by atoms with Gasteiger partial charge < -0.3 is 9.47 Å². The number of ether oxygens (including phenoxy) is 2. The fourth-order valence-corrected chi connectivity index (χ4v) is 3.82. The number of nitrogens with zero attached hydrogens (tertiary/aromatic N) is 2. The van der Waals surface area contributed by atoms with Gasteiger partial charge in [-0.3, -0.25) is 9.80 Å². The van der Waals surface area contributed by atoms with Gasteiger partial charge in [0.1, 0.15) is 5.75 Å². The Bertz CT molecular complexity index is 500. The first kappa shape index (κ1) is 16.7. The van der Waals surface area contributed by atoms with E-state index in [2.05, 4.69) is 54.8 Å². The maximum Gasteiger partial charge on any atom is 0.168 e. The summed E-state index contributed by atoms with van der Waals surface area (Å²) in [4.78, 5) is 5.09. The van der Waals surface area contributed by atoms with Crippen molar-refractivity contribution in [3.05, 3.63) is 29.8 Å². The Morgan fingerprint density at radius 1 is 1.22 bits per heavy atom. The Balaban J connectivity index is 1.88. The number of benzene rings is 1. The number of rotatable bonds is 5. The maximum atomic E-state index is 6.49. The summed E-state index contributed by atoms with van der Waals surface area (Å²) in [5.74, 6) is 1.06. The van der Waals surface area contributed by atoms with E-state index in [1.165, 1.54) is 12.0 Å². The fraction of sp³-hybridized carbons (Fsp3) is 0.684. The molecule has 0 amide bonds. The zero-order valence-corrected chi connectivity index (χ0v) is 14.7. The Labute approximate surface area is 140 Å². The molecule has 0 aliphatic carbocycles. The van der Waals surface area contributed by atoms with Crippen LogP contribution in [0.15, 0.2) is 24.3 Å². The zero-order chi connectivity index (χ0) is 16.2. The van der Waals surface area contributed by atoms with Crippen molar-refractivity contribution in [2.24, 2.45) is 0 Å². The van der Waals surface area contributed by atoms with Gasteiger partial charge in [-0.25, -0.2) is 0 Å². The summed E-state index contributed by atoms with van der Waals surface area (Å²) < 4.78 is 12.0. The first-order valence-electron chi connectivity index (χ1n) is 9.02. The molecule has 2 atom stereocenters. The number of hydrogen-bond acceptors (Lipinski definition) is 4. The van der Waals surface area contributed by atoms with Gasteiger partial charge in [0, 0.05) is 19.1 Å². The fourth-order valence-electron chi connectivity index (χ4n) is 3.82. The minimum atomic E-state index is 0.128. The van der Waals surface area contributed by atoms with Crippen molar-refractivity contribution in [1.29, 1.82) is 0 Å². The van der Waals surface area contributed by atoms with Crippen LogP contribution in [0.25, 0.3) is 0 Å². The Morgan fingerprint density at radius 2 is 1.96 bits per heavy atom. The molecular formula is C19H30N2O2. The van der Waals surface area contributed by atoms with Gasteiger partial charge in [0.15, 0.2) is 6.23 Å². The van der Waals surface area contributed by atoms with E-state index in [9.17, 15) is 0 Å². The van der Waals surface area contributed by atoms with Crippen molar-refractivity contribution in [2.45, 2.75) is 51.9 Å². The molecule has 0 N–H and O–H groups in total. The molecule has 23 heavy (non-hydrogen) atoms. The summed E-state index contributed by atoms with van der Waals surface area (Å²) in [7, 11) is 0. The molecule has 4 nitrogen and oxygen atoms in total. The quantitative estimate of drug-likeness (QED) is 0.833. The molecule has 0 saturated carbocycles. The van der Waals surface area contributed by atoms with Crippen molar-refractivity contribution in [2.75, 3.05) is 32.8 Å². The Kier molecular flexibility index (Phi) is 5.57. The third-order valence-corrected chi connectivity index (χ3v) is 4.96. The monoisotopic (exact) mass is 318 g/mol. The summed E-state index contributed by atoms with van der Waals surface area (Å²) in [5.41, 5.74) is 1.34. The number of hydrogen-bond donors (Lipinski definition) is 0. The second kappa shape index (κ2) is 7.65. The third-order valence-electron chi connectivity index (χ3n) is 4.96. The summed E-state index contributed by atoms with van der Waals surface area (Å²) in [5, 5.41) is 0. The molecule has 3 rings (SSSR count). The van der Waals surface area contributed by atoms with Crippen LogP contribution in [0.1, 0.15) is 32.8 Å². The predicted octanol–water partition coefficient (Wildman–Crippen LogP) is 2.77. The summed E-state index contributed by atoms with van der Waals surface area (Å²) in [6, 6.07) is 9.44. The molecule has 128 valence electrons. The van der Waals surface area contributed by atoms with Gasteiger partial charge in [-0.05, 0) is 44.9 Å². The highest BCUT2D eigenvalue weighted by molar-refractivity contribution is 5.36. The minimum Gasteiger partial charge on any atom is -0.473 e. The second-order valence-electron chi connectivity index (χ2n) is 6.87. The number of fused-ring (bicyclic) bond motifs is 1. The number of morpholine rings is 1. The topological polar surface area (TPSA) is 24.9 Å². The van der Waals surface area contributed by atoms with Crippen LogP contribution in [-0.4, -0.2) is 61.0 Å². The van der Waals surface area contributed by atoms with Crippen LogP contribution in [0.3, 0.4) is 0 Å². The SMILES string of the molecule is CCCN(C(C)C)C1Cc2ccccc2O[C@H]1N1CCOCC1. The minimum absolute atomic E-state index is 0.128. The van der Waals surface area contributed by atoms with E-state index in [1.807, 2.05) is 0 Å². The third kappa shape index (κ3) is 3.70. The van der Waals surface area contributed by atoms with Gasteiger partial charge in [-0.2, -0.15) is 0 Å². The van der Waals surface area contributed by atoms with Crippen molar-refractivity contribution in [1.82, 2.24) is 9.80 Å². The van der Waals surface area contributed by atoms with Crippen molar-refractivity contribution in [3.63, 3.8) is 0 Å². The Morgan fingerprint density at radius 3 is 2.65 bits per heavy atom. The average molecular weight is 318 g/mol. The van der Waals surface area contributed by atoms with Crippen molar-refractivity contribution in [3.8, 4) is 5.75 Å². The van der Waals surface area contributed by atoms with E-state index in [4.69, 9.17) is 9.47 Å². The molecular weight excluding hydrogens is 288 g/mol. The number of para-hydroxylation sites is 1. The molecule has 0 radical (unpaired) electrons. The molecule has 1 unspecified atom stereocenters. The van der Waals surface area contributed by atoms with Crippen LogP contribution in [0, 0.1) is 0 Å². The first-order chi connectivity index (χ1) is 11.2. The van der Waals surface area contributed by atoms with Crippen LogP contribution in [0.5, 0.6) is 5.75 Å². The van der Waals surface area contributed by atoms with Crippen LogP contribution in [0.4, 0.5) is 0 Å². The molecule has 2 aliphatic rings. The van der Waals surface area contributed by atoms with E-state index in [0.29, 0.717) is 12.1 Å². The van der Waals surface area contributed by atoms with Gasteiger partial charge in [-0.15, -0.1) is 0 Å². The first-order valence-corrected chi connectivity index (χ1v) is 9.02. The zero-order valence-electron chi connectivity index (χ0n) is 14.7. The molecule has 2 aliphatic heterocycles. The highest BCUT2D eigenvalue weighted by Crippen LogP contribution is 2.32.